The first kappa shape index (κ1) is 23.3. The van der Waals surface area contributed by atoms with Crippen molar-refractivity contribution in [2.24, 2.45) is 5.73 Å². The number of likely N-dealkylation sites (N-methyl/N-ethyl adjacent to an activating group) is 1. The number of nitrogens with two attached hydrogens (primary N) is 1. The van der Waals surface area contributed by atoms with Gasteiger partial charge in [-0.2, -0.15) is 0 Å². The molecule has 5 rings (SSSR count). The quantitative estimate of drug-likeness (QED) is 0.537. The fourth-order valence-corrected chi connectivity index (χ4v) is 5.61. The molecule has 2 heterocycles. The number of halogens is 1. The summed E-state index contributed by atoms with van der Waals surface area (Å²) < 4.78 is 0. The van der Waals surface area contributed by atoms with Crippen molar-refractivity contribution in [1.82, 2.24) is 14.9 Å². The maximum Gasteiger partial charge on any atom is 0.141 e. The molecule has 1 saturated carbocycles. The van der Waals surface area contributed by atoms with E-state index in [0.29, 0.717) is 13.1 Å². The standard InChI is InChI=1S/C27H35ClN6/c1-33-15-17-34(18-16-33)22-9-10-23-24(19-22)31-26(32-25(23)30-14-13-29)27(11-3-2-4-12-27)20-5-7-21(28)8-6-20/h5-10,19H,2-4,11-18,29H2,1H3,(H,30,31,32). The summed E-state index contributed by atoms with van der Waals surface area (Å²) in [6.07, 6.45) is 5.71. The molecule has 1 aromatic heterocycles. The highest BCUT2D eigenvalue weighted by Gasteiger charge is 2.39. The molecule has 0 bridgehead atoms. The molecular formula is C27H35ClN6. The second-order valence-electron chi connectivity index (χ2n) is 9.75. The predicted octanol–water partition coefficient (Wildman–Crippen LogP) is 4.66. The number of nitrogens with one attached hydrogen (secondary N) is 1. The lowest BCUT2D eigenvalue weighted by molar-refractivity contribution is 0.313. The van der Waals surface area contributed by atoms with Crippen LogP contribution >= 0.6 is 11.6 Å². The van der Waals surface area contributed by atoms with Crippen LogP contribution in [0, 0.1) is 0 Å². The second kappa shape index (κ2) is 10.1. The average Bonchev–Trinajstić information content (AvgIpc) is 2.88. The van der Waals surface area contributed by atoms with Crippen molar-refractivity contribution in [3.05, 3.63) is 58.9 Å². The van der Waals surface area contributed by atoms with E-state index in [9.17, 15) is 0 Å². The van der Waals surface area contributed by atoms with Gasteiger partial charge in [0.2, 0.25) is 0 Å². The summed E-state index contributed by atoms with van der Waals surface area (Å²) in [5.41, 5.74) is 9.14. The largest absolute Gasteiger partial charge is 0.369 e. The highest BCUT2D eigenvalue weighted by atomic mass is 35.5. The van der Waals surface area contributed by atoms with E-state index >= 15 is 0 Å². The van der Waals surface area contributed by atoms with Crippen molar-refractivity contribution in [1.29, 1.82) is 0 Å². The van der Waals surface area contributed by atoms with Crippen molar-refractivity contribution in [2.45, 2.75) is 37.5 Å². The zero-order valence-electron chi connectivity index (χ0n) is 20.1. The molecular weight excluding hydrogens is 444 g/mol. The van der Waals surface area contributed by atoms with Gasteiger partial charge in [-0.1, -0.05) is 43.0 Å². The lowest BCUT2D eigenvalue weighted by Gasteiger charge is -2.37. The van der Waals surface area contributed by atoms with Crippen molar-refractivity contribution in [3.63, 3.8) is 0 Å². The fraction of sp³-hybridized carbons (Fsp3) is 0.481. The van der Waals surface area contributed by atoms with Gasteiger partial charge in [0.1, 0.15) is 11.6 Å². The molecule has 1 saturated heterocycles. The van der Waals surface area contributed by atoms with E-state index < -0.39 is 0 Å². The highest BCUT2D eigenvalue weighted by molar-refractivity contribution is 6.30. The molecule has 34 heavy (non-hydrogen) atoms. The molecule has 2 aliphatic rings. The van der Waals surface area contributed by atoms with Crippen LogP contribution in [0.15, 0.2) is 42.5 Å². The zero-order valence-corrected chi connectivity index (χ0v) is 20.8. The summed E-state index contributed by atoms with van der Waals surface area (Å²) in [5.74, 6) is 1.80. The maximum absolute atomic E-state index is 6.24. The minimum absolute atomic E-state index is 0.194. The minimum Gasteiger partial charge on any atom is -0.369 e. The second-order valence-corrected chi connectivity index (χ2v) is 10.2. The van der Waals surface area contributed by atoms with Crippen molar-refractivity contribution < 1.29 is 0 Å². The number of benzene rings is 2. The molecule has 0 amide bonds. The highest BCUT2D eigenvalue weighted by Crippen LogP contribution is 2.44. The van der Waals surface area contributed by atoms with E-state index in [1.807, 2.05) is 12.1 Å². The molecule has 180 valence electrons. The van der Waals surface area contributed by atoms with Gasteiger partial charge in [0.25, 0.3) is 0 Å². The molecule has 1 aliphatic heterocycles. The molecule has 3 aromatic rings. The van der Waals surface area contributed by atoms with Crippen LogP contribution in [0.5, 0.6) is 0 Å². The smallest absolute Gasteiger partial charge is 0.141 e. The zero-order chi connectivity index (χ0) is 23.5. The van der Waals surface area contributed by atoms with Crippen molar-refractivity contribution >= 4 is 34.0 Å². The molecule has 2 aromatic carbocycles. The lowest BCUT2D eigenvalue weighted by atomic mass is 9.68. The molecule has 2 fully saturated rings. The predicted molar refractivity (Wildman–Crippen MR) is 142 cm³/mol. The Balaban J connectivity index is 1.62. The summed E-state index contributed by atoms with van der Waals surface area (Å²) in [6, 6.07) is 14.9. The number of nitrogens with zero attached hydrogens (tertiary/aromatic N) is 4. The molecule has 0 radical (unpaired) electrons. The van der Waals surface area contributed by atoms with Crippen molar-refractivity contribution in [2.75, 3.05) is 56.5 Å². The summed E-state index contributed by atoms with van der Waals surface area (Å²) in [4.78, 5) is 15.3. The Morgan fingerprint density at radius 2 is 1.71 bits per heavy atom. The van der Waals surface area contributed by atoms with Gasteiger partial charge in [-0.3, -0.25) is 0 Å². The van der Waals surface area contributed by atoms with Gasteiger partial charge in [-0.05, 0) is 55.8 Å². The Kier molecular flexibility index (Phi) is 6.91. The first-order valence-corrected chi connectivity index (χ1v) is 12.9. The Hall–Kier alpha value is -2.41. The van der Waals surface area contributed by atoms with Crippen LogP contribution in [0.2, 0.25) is 5.02 Å². The van der Waals surface area contributed by atoms with Gasteiger partial charge < -0.3 is 20.9 Å². The topological polar surface area (TPSA) is 70.3 Å². The normalized spacial score (nSPS) is 18.9. The summed E-state index contributed by atoms with van der Waals surface area (Å²) in [6.45, 7) is 5.47. The first-order chi connectivity index (χ1) is 16.6. The number of aromatic nitrogens is 2. The van der Waals surface area contributed by atoms with Crippen LogP contribution < -0.4 is 16.0 Å². The molecule has 1 aliphatic carbocycles. The number of piperazine rings is 1. The van der Waals surface area contributed by atoms with E-state index in [1.165, 1.54) is 30.5 Å². The lowest BCUT2D eigenvalue weighted by Crippen LogP contribution is -2.44. The van der Waals surface area contributed by atoms with E-state index in [0.717, 1.165) is 66.6 Å². The van der Waals surface area contributed by atoms with Crippen LogP contribution in [0.3, 0.4) is 0 Å². The van der Waals surface area contributed by atoms with Crippen LogP contribution in [0.4, 0.5) is 11.5 Å². The van der Waals surface area contributed by atoms with Gasteiger partial charge >= 0.3 is 0 Å². The molecule has 6 nitrogen and oxygen atoms in total. The number of hydrogen-bond acceptors (Lipinski definition) is 6. The summed E-state index contributed by atoms with van der Waals surface area (Å²) >= 11 is 6.24. The van der Waals surface area contributed by atoms with Gasteiger partial charge in [-0.15, -0.1) is 0 Å². The molecule has 0 unspecified atom stereocenters. The number of hydrogen-bond donors (Lipinski definition) is 2. The van der Waals surface area contributed by atoms with E-state index in [2.05, 4.69) is 52.5 Å². The minimum atomic E-state index is -0.194. The van der Waals surface area contributed by atoms with Gasteiger partial charge in [0.05, 0.1) is 10.9 Å². The third-order valence-corrected chi connectivity index (χ3v) is 7.77. The SMILES string of the molecule is CN1CCN(c2ccc3c(NCCN)nc(C4(c5ccc(Cl)cc5)CCCCC4)nc3c2)CC1. The molecule has 3 N–H and O–H groups in total. The van der Waals surface area contributed by atoms with Gasteiger partial charge in [0.15, 0.2) is 0 Å². The Bertz CT molecular complexity index is 1120. The monoisotopic (exact) mass is 478 g/mol. The van der Waals surface area contributed by atoms with Crippen LogP contribution in [-0.2, 0) is 5.41 Å². The first-order valence-electron chi connectivity index (χ1n) is 12.5. The molecule has 7 heteroatoms. The van der Waals surface area contributed by atoms with Crippen LogP contribution in [0.1, 0.15) is 43.5 Å². The summed E-state index contributed by atoms with van der Waals surface area (Å²) in [5, 5.41) is 5.30. The van der Waals surface area contributed by atoms with Gasteiger partial charge in [0, 0.05) is 55.4 Å². The molecule has 0 spiro atoms. The van der Waals surface area contributed by atoms with Crippen molar-refractivity contribution in [3.8, 4) is 0 Å². The number of rotatable bonds is 6. The van der Waals surface area contributed by atoms with E-state index in [4.69, 9.17) is 27.3 Å². The Morgan fingerprint density at radius 1 is 0.971 bits per heavy atom. The third-order valence-electron chi connectivity index (χ3n) is 7.52. The molecule has 0 atom stereocenters. The number of fused-ring (bicyclic) bond motifs is 1. The van der Waals surface area contributed by atoms with E-state index in [1.54, 1.807) is 0 Å². The van der Waals surface area contributed by atoms with E-state index in [-0.39, 0.29) is 5.41 Å². The maximum atomic E-state index is 6.24. The fourth-order valence-electron chi connectivity index (χ4n) is 5.48. The third kappa shape index (κ3) is 4.59. The van der Waals surface area contributed by atoms with Crippen LogP contribution in [-0.4, -0.2) is 61.2 Å². The Labute approximate surface area is 207 Å². The number of anilines is 2. The average molecular weight is 479 g/mol. The summed E-state index contributed by atoms with van der Waals surface area (Å²) in [7, 11) is 2.19. The van der Waals surface area contributed by atoms with Gasteiger partial charge in [-0.25, -0.2) is 9.97 Å². The Morgan fingerprint density at radius 3 is 2.41 bits per heavy atom. The van der Waals surface area contributed by atoms with Crippen LogP contribution in [0.25, 0.3) is 10.9 Å².